The van der Waals surface area contributed by atoms with Gasteiger partial charge in [0.25, 0.3) is 15.2 Å². The molecule has 0 radical (unpaired) electrons. The first-order chi connectivity index (χ1) is 8.84. The van der Waals surface area contributed by atoms with E-state index in [1.807, 2.05) is 6.92 Å². The smallest absolute Gasteiger partial charge is 0.273 e. The molecule has 10 heteroatoms. The Morgan fingerprint density at radius 3 is 2.58 bits per heavy atom. The third-order valence-corrected chi connectivity index (χ3v) is 4.61. The summed E-state index contributed by atoms with van der Waals surface area (Å²) < 4.78 is 25.3. The molecule has 0 saturated heterocycles. The van der Waals surface area contributed by atoms with Crippen LogP contribution in [0.5, 0.6) is 0 Å². The molecule has 0 aliphatic heterocycles. The van der Waals surface area contributed by atoms with E-state index in [0.717, 1.165) is 0 Å². The number of hydrogen-bond donors (Lipinski definition) is 1. The van der Waals surface area contributed by atoms with E-state index in [1.54, 1.807) is 6.07 Å². The fourth-order valence-electron chi connectivity index (χ4n) is 1.62. The van der Waals surface area contributed by atoms with Crippen LogP contribution in [-0.4, -0.2) is 23.2 Å². The summed E-state index contributed by atoms with van der Waals surface area (Å²) in [5.74, 6) is 0.346. The third-order valence-electron chi connectivity index (χ3n) is 2.32. The van der Waals surface area contributed by atoms with Crippen molar-refractivity contribution in [1.29, 1.82) is 0 Å². The van der Waals surface area contributed by atoms with Gasteiger partial charge in [-0.05, 0) is 12.5 Å². The Kier molecular flexibility index (Phi) is 4.17. The van der Waals surface area contributed by atoms with Crippen molar-refractivity contribution in [3.63, 3.8) is 0 Å². The molecule has 0 amide bonds. The number of thiophene rings is 1. The summed E-state index contributed by atoms with van der Waals surface area (Å²) in [6, 6.07) is 1.62. The summed E-state index contributed by atoms with van der Waals surface area (Å²) >= 11 is 13.1. The van der Waals surface area contributed by atoms with Crippen molar-refractivity contribution in [2.24, 2.45) is 5.14 Å². The highest BCUT2D eigenvalue weighted by molar-refractivity contribution is 7.89. The molecule has 2 rings (SSSR count). The molecule has 0 unspecified atom stereocenters. The molecule has 2 aromatic rings. The van der Waals surface area contributed by atoms with Crippen molar-refractivity contribution in [2.45, 2.75) is 25.0 Å². The second-order valence-electron chi connectivity index (χ2n) is 3.74. The molecule has 0 aliphatic carbocycles. The molecule has 0 aliphatic rings. The van der Waals surface area contributed by atoms with Gasteiger partial charge in [0, 0.05) is 6.54 Å². The van der Waals surface area contributed by atoms with Gasteiger partial charge in [-0.3, -0.25) is 4.57 Å². The highest BCUT2D eigenvalue weighted by atomic mass is 35.5. The molecule has 0 atom stereocenters. The van der Waals surface area contributed by atoms with Crippen LogP contribution >= 0.6 is 34.5 Å². The normalized spacial score (nSPS) is 12.0. The summed E-state index contributed by atoms with van der Waals surface area (Å²) in [6.07, 6.45) is 0.697. The van der Waals surface area contributed by atoms with Crippen LogP contribution in [0.2, 0.25) is 8.67 Å². The molecule has 6 nitrogen and oxygen atoms in total. The summed E-state index contributed by atoms with van der Waals surface area (Å²) in [5.41, 5.74) is 0.549. The summed E-state index contributed by atoms with van der Waals surface area (Å²) in [5, 5.41) is 12.3. The molecular formula is C9H10Cl2N4O2S2. The zero-order chi connectivity index (χ0) is 14.2. The molecule has 0 fully saturated rings. The molecule has 104 valence electrons. The topological polar surface area (TPSA) is 90.9 Å². The number of nitrogens with two attached hydrogens (primary N) is 1. The maximum absolute atomic E-state index is 11.5. The molecular weight excluding hydrogens is 331 g/mol. The van der Waals surface area contributed by atoms with Gasteiger partial charge in [0.15, 0.2) is 5.82 Å². The van der Waals surface area contributed by atoms with E-state index in [-0.39, 0.29) is 5.16 Å². The first-order valence-electron chi connectivity index (χ1n) is 5.25. The van der Waals surface area contributed by atoms with E-state index in [9.17, 15) is 8.42 Å². The van der Waals surface area contributed by atoms with E-state index in [1.165, 1.54) is 15.9 Å². The second kappa shape index (κ2) is 5.37. The Morgan fingerprint density at radius 2 is 2.11 bits per heavy atom. The van der Waals surface area contributed by atoms with Gasteiger partial charge in [-0.1, -0.05) is 30.1 Å². The van der Waals surface area contributed by atoms with Crippen molar-refractivity contribution in [3.8, 4) is 11.4 Å². The Hall–Kier alpha value is -0.670. The zero-order valence-corrected chi connectivity index (χ0v) is 12.9. The van der Waals surface area contributed by atoms with E-state index < -0.39 is 10.0 Å². The Balaban J connectivity index is 2.65. The number of nitrogens with zero attached hydrogens (tertiary/aromatic N) is 3. The number of halogens is 2. The molecule has 0 aromatic carbocycles. The number of rotatable bonds is 4. The lowest BCUT2D eigenvalue weighted by Gasteiger charge is -2.06. The van der Waals surface area contributed by atoms with Crippen LogP contribution in [0.3, 0.4) is 0 Å². The van der Waals surface area contributed by atoms with Gasteiger partial charge in [-0.15, -0.1) is 21.5 Å². The van der Waals surface area contributed by atoms with Gasteiger partial charge >= 0.3 is 0 Å². The minimum absolute atomic E-state index is 0.275. The van der Waals surface area contributed by atoms with Crippen molar-refractivity contribution >= 4 is 44.6 Å². The molecule has 2 N–H and O–H groups in total. The first-order valence-corrected chi connectivity index (χ1v) is 8.37. The van der Waals surface area contributed by atoms with Crippen LogP contribution in [0.1, 0.15) is 13.3 Å². The van der Waals surface area contributed by atoms with E-state index in [4.69, 9.17) is 28.3 Å². The highest BCUT2D eigenvalue weighted by Gasteiger charge is 2.23. The summed E-state index contributed by atoms with van der Waals surface area (Å²) in [4.78, 5) is 0. The molecule has 0 spiro atoms. The van der Waals surface area contributed by atoms with Crippen LogP contribution in [0.15, 0.2) is 11.2 Å². The van der Waals surface area contributed by atoms with Crippen molar-refractivity contribution < 1.29 is 8.42 Å². The van der Waals surface area contributed by atoms with E-state index in [2.05, 4.69) is 10.2 Å². The predicted molar refractivity (Wildman–Crippen MR) is 75.0 cm³/mol. The van der Waals surface area contributed by atoms with Gasteiger partial charge in [0.1, 0.15) is 4.34 Å². The fraction of sp³-hybridized carbons (Fsp3) is 0.333. The molecule has 2 aromatic heterocycles. The Labute approximate surface area is 124 Å². The molecule has 0 bridgehead atoms. The fourth-order valence-corrected chi connectivity index (χ4v) is 3.71. The van der Waals surface area contributed by atoms with Gasteiger partial charge in [-0.25, -0.2) is 13.6 Å². The second-order valence-corrected chi connectivity index (χ2v) is 7.48. The number of aromatic nitrogens is 3. The predicted octanol–water partition coefficient (Wildman–Crippen LogP) is 2.37. The monoisotopic (exact) mass is 340 g/mol. The summed E-state index contributed by atoms with van der Waals surface area (Å²) in [7, 11) is -3.93. The SMILES string of the molecule is CCCn1c(-c2cc(Cl)sc2Cl)nnc1S(N)(=O)=O. The van der Waals surface area contributed by atoms with Crippen LogP contribution < -0.4 is 5.14 Å². The standard InChI is InChI=1S/C9H10Cl2N4O2S2/c1-2-3-15-8(5-4-6(10)18-7(5)11)13-14-9(15)19(12,16)17/h4H,2-3H2,1H3,(H2,12,16,17). The molecule has 19 heavy (non-hydrogen) atoms. The first kappa shape index (κ1) is 14.7. The summed E-state index contributed by atoms with van der Waals surface area (Å²) in [6.45, 7) is 2.32. The quantitative estimate of drug-likeness (QED) is 0.924. The molecule has 0 saturated carbocycles. The Bertz CT molecular complexity index is 708. The van der Waals surface area contributed by atoms with Gasteiger partial charge in [0.05, 0.1) is 9.90 Å². The largest absolute Gasteiger partial charge is 0.297 e. The lowest BCUT2D eigenvalue weighted by Crippen LogP contribution is -2.19. The van der Waals surface area contributed by atoms with E-state index in [0.29, 0.717) is 33.0 Å². The van der Waals surface area contributed by atoms with Gasteiger partial charge < -0.3 is 0 Å². The number of primary sulfonamides is 1. The van der Waals surface area contributed by atoms with Crippen molar-refractivity contribution in [3.05, 3.63) is 14.7 Å². The van der Waals surface area contributed by atoms with Gasteiger partial charge in [0.2, 0.25) is 0 Å². The minimum atomic E-state index is -3.93. The van der Waals surface area contributed by atoms with Crippen LogP contribution in [0.4, 0.5) is 0 Å². The maximum atomic E-state index is 11.5. The average Bonchev–Trinajstić information content (AvgIpc) is 2.82. The maximum Gasteiger partial charge on any atom is 0.273 e. The van der Waals surface area contributed by atoms with Crippen LogP contribution in [-0.2, 0) is 16.6 Å². The van der Waals surface area contributed by atoms with Crippen LogP contribution in [0, 0.1) is 0 Å². The number of sulfonamides is 1. The average molecular weight is 341 g/mol. The van der Waals surface area contributed by atoms with Gasteiger partial charge in [-0.2, -0.15) is 0 Å². The van der Waals surface area contributed by atoms with E-state index >= 15 is 0 Å². The zero-order valence-electron chi connectivity index (χ0n) is 9.80. The lowest BCUT2D eigenvalue weighted by molar-refractivity contribution is 0.559. The van der Waals surface area contributed by atoms with Crippen LogP contribution in [0.25, 0.3) is 11.4 Å². The Morgan fingerprint density at radius 1 is 1.42 bits per heavy atom. The number of hydrogen-bond acceptors (Lipinski definition) is 5. The minimum Gasteiger partial charge on any atom is -0.297 e. The highest BCUT2D eigenvalue weighted by Crippen LogP contribution is 2.37. The van der Waals surface area contributed by atoms with Crippen molar-refractivity contribution in [2.75, 3.05) is 0 Å². The van der Waals surface area contributed by atoms with Crippen molar-refractivity contribution in [1.82, 2.24) is 14.8 Å². The third kappa shape index (κ3) is 2.92. The molecule has 2 heterocycles. The lowest BCUT2D eigenvalue weighted by atomic mass is 10.3.